The first kappa shape index (κ1) is 17.4. The van der Waals surface area contributed by atoms with Crippen LogP contribution in [-0.2, 0) is 9.84 Å². The molecule has 0 aliphatic rings. The van der Waals surface area contributed by atoms with Crippen LogP contribution in [-0.4, -0.2) is 25.1 Å². The molecule has 0 bridgehead atoms. The van der Waals surface area contributed by atoms with E-state index >= 15 is 0 Å². The van der Waals surface area contributed by atoms with Crippen molar-refractivity contribution in [2.75, 3.05) is 11.1 Å². The largest absolute Gasteiger partial charge is 0.320 e. The summed E-state index contributed by atoms with van der Waals surface area (Å²) in [5.41, 5.74) is 1.10. The van der Waals surface area contributed by atoms with Gasteiger partial charge in [0.2, 0.25) is 0 Å². The van der Waals surface area contributed by atoms with Gasteiger partial charge in [0.15, 0.2) is 9.84 Å². The van der Waals surface area contributed by atoms with Crippen LogP contribution >= 0.6 is 11.6 Å². The standard InChI is InChI=1S/C18H15ClN2O3S/c1-2-25(23,24)16-8-4-3-7-14(16)18(22)21-15-11-13(19)10-12-6-5-9-20-17(12)15/h3-11H,2H2,1H3,(H,21,22). The van der Waals surface area contributed by atoms with Crippen LogP contribution in [0.15, 0.2) is 59.6 Å². The Labute approximate surface area is 150 Å². The van der Waals surface area contributed by atoms with E-state index in [2.05, 4.69) is 10.3 Å². The molecule has 0 aliphatic carbocycles. The number of hydrogen-bond acceptors (Lipinski definition) is 4. The maximum Gasteiger partial charge on any atom is 0.257 e. The van der Waals surface area contributed by atoms with Crippen molar-refractivity contribution in [2.24, 2.45) is 0 Å². The first-order valence-corrected chi connectivity index (χ1v) is 9.63. The second-order valence-electron chi connectivity index (χ2n) is 5.38. The van der Waals surface area contributed by atoms with E-state index in [0.717, 1.165) is 5.39 Å². The van der Waals surface area contributed by atoms with Gasteiger partial charge < -0.3 is 5.32 Å². The second-order valence-corrected chi connectivity index (χ2v) is 8.07. The van der Waals surface area contributed by atoms with E-state index in [-0.39, 0.29) is 16.2 Å². The van der Waals surface area contributed by atoms with Crippen LogP contribution in [0.5, 0.6) is 0 Å². The first-order valence-electron chi connectivity index (χ1n) is 7.60. The summed E-state index contributed by atoms with van der Waals surface area (Å²) in [6.07, 6.45) is 1.61. The molecular formula is C18H15ClN2O3S. The molecule has 7 heteroatoms. The van der Waals surface area contributed by atoms with Crippen molar-refractivity contribution >= 4 is 43.9 Å². The fourth-order valence-corrected chi connectivity index (χ4v) is 3.84. The summed E-state index contributed by atoms with van der Waals surface area (Å²) in [5, 5.41) is 3.96. The molecule has 1 N–H and O–H groups in total. The summed E-state index contributed by atoms with van der Waals surface area (Å²) < 4.78 is 24.5. The summed E-state index contributed by atoms with van der Waals surface area (Å²) in [6.45, 7) is 1.54. The number of amides is 1. The number of benzene rings is 2. The summed E-state index contributed by atoms with van der Waals surface area (Å²) in [5.74, 6) is -0.610. The van der Waals surface area contributed by atoms with Crippen LogP contribution in [0.4, 0.5) is 5.69 Å². The molecule has 5 nitrogen and oxygen atoms in total. The SMILES string of the molecule is CCS(=O)(=O)c1ccccc1C(=O)Nc1cc(Cl)cc2cccnc12. The lowest BCUT2D eigenvalue weighted by Gasteiger charge is -2.12. The minimum atomic E-state index is -3.52. The molecule has 0 radical (unpaired) electrons. The molecule has 1 amide bonds. The molecular weight excluding hydrogens is 360 g/mol. The van der Waals surface area contributed by atoms with Crippen molar-refractivity contribution < 1.29 is 13.2 Å². The number of halogens is 1. The summed E-state index contributed by atoms with van der Waals surface area (Å²) in [6, 6.07) is 13.1. The number of carbonyl (C=O) groups is 1. The zero-order valence-electron chi connectivity index (χ0n) is 13.4. The van der Waals surface area contributed by atoms with Crippen LogP contribution in [0.2, 0.25) is 5.02 Å². The van der Waals surface area contributed by atoms with Crippen LogP contribution in [0, 0.1) is 0 Å². The van der Waals surface area contributed by atoms with Gasteiger partial charge in [-0.2, -0.15) is 0 Å². The van der Waals surface area contributed by atoms with E-state index in [1.54, 1.807) is 43.5 Å². The lowest BCUT2D eigenvalue weighted by molar-refractivity contribution is 0.102. The molecule has 0 aliphatic heterocycles. The summed E-state index contributed by atoms with van der Waals surface area (Å²) in [7, 11) is -3.52. The Kier molecular flexibility index (Phi) is 4.74. The molecule has 0 fully saturated rings. The van der Waals surface area contributed by atoms with Gasteiger partial charge in [0.25, 0.3) is 5.91 Å². The van der Waals surface area contributed by atoms with Gasteiger partial charge in [-0.1, -0.05) is 36.7 Å². The number of rotatable bonds is 4. The Bertz CT molecular complexity index is 1060. The zero-order chi connectivity index (χ0) is 18.0. The Balaban J connectivity index is 2.06. The van der Waals surface area contributed by atoms with Gasteiger partial charge >= 0.3 is 0 Å². The van der Waals surface area contributed by atoms with Gasteiger partial charge in [-0.05, 0) is 30.3 Å². The lowest BCUT2D eigenvalue weighted by atomic mass is 10.1. The Hall–Kier alpha value is -2.44. The number of aromatic nitrogens is 1. The molecule has 1 aromatic heterocycles. The van der Waals surface area contributed by atoms with Gasteiger partial charge in [0.05, 0.1) is 27.4 Å². The maximum atomic E-state index is 12.7. The van der Waals surface area contributed by atoms with Gasteiger partial charge in [-0.25, -0.2) is 8.42 Å². The number of hydrogen-bond donors (Lipinski definition) is 1. The van der Waals surface area contributed by atoms with E-state index in [0.29, 0.717) is 16.2 Å². The van der Waals surface area contributed by atoms with E-state index in [1.165, 1.54) is 12.1 Å². The fraction of sp³-hybridized carbons (Fsp3) is 0.111. The monoisotopic (exact) mass is 374 g/mol. The normalized spacial score (nSPS) is 11.4. The molecule has 3 rings (SSSR count). The van der Waals surface area contributed by atoms with E-state index in [4.69, 9.17) is 11.6 Å². The van der Waals surface area contributed by atoms with Crippen molar-refractivity contribution in [3.8, 4) is 0 Å². The molecule has 0 atom stereocenters. The molecule has 0 spiro atoms. The average molecular weight is 375 g/mol. The maximum absolute atomic E-state index is 12.7. The quantitative estimate of drug-likeness (QED) is 0.750. The van der Waals surface area contributed by atoms with E-state index in [1.807, 2.05) is 6.07 Å². The molecule has 3 aromatic rings. The molecule has 0 saturated carbocycles. The zero-order valence-corrected chi connectivity index (χ0v) is 14.9. The molecule has 0 saturated heterocycles. The lowest BCUT2D eigenvalue weighted by Crippen LogP contribution is -2.17. The van der Waals surface area contributed by atoms with Crippen LogP contribution < -0.4 is 5.32 Å². The van der Waals surface area contributed by atoms with Crippen molar-refractivity contribution in [2.45, 2.75) is 11.8 Å². The van der Waals surface area contributed by atoms with Crippen molar-refractivity contribution in [1.82, 2.24) is 4.98 Å². The number of sulfone groups is 1. The predicted molar refractivity (Wildman–Crippen MR) is 98.9 cm³/mol. The number of pyridine rings is 1. The van der Waals surface area contributed by atoms with Crippen LogP contribution in [0.3, 0.4) is 0 Å². The highest BCUT2D eigenvalue weighted by molar-refractivity contribution is 7.91. The topological polar surface area (TPSA) is 76.1 Å². The highest BCUT2D eigenvalue weighted by Crippen LogP contribution is 2.27. The van der Waals surface area contributed by atoms with Gasteiger partial charge in [-0.15, -0.1) is 0 Å². The van der Waals surface area contributed by atoms with Gasteiger partial charge in [-0.3, -0.25) is 9.78 Å². The minimum absolute atomic E-state index is 0.00860. The number of anilines is 1. The minimum Gasteiger partial charge on any atom is -0.320 e. The molecule has 2 aromatic carbocycles. The van der Waals surface area contributed by atoms with Gasteiger partial charge in [0.1, 0.15) is 0 Å². The smallest absolute Gasteiger partial charge is 0.257 e. The van der Waals surface area contributed by atoms with Crippen LogP contribution in [0.1, 0.15) is 17.3 Å². The van der Waals surface area contributed by atoms with Crippen molar-refractivity contribution in [3.63, 3.8) is 0 Å². The van der Waals surface area contributed by atoms with Crippen molar-refractivity contribution in [3.05, 3.63) is 65.3 Å². The average Bonchev–Trinajstić information content (AvgIpc) is 2.61. The number of nitrogens with zero attached hydrogens (tertiary/aromatic N) is 1. The predicted octanol–water partition coefficient (Wildman–Crippen LogP) is 3.93. The Morgan fingerprint density at radius 3 is 2.68 bits per heavy atom. The van der Waals surface area contributed by atoms with E-state index in [9.17, 15) is 13.2 Å². The van der Waals surface area contributed by atoms with Gasteiger partial charge in [0, 0.05) is 16.6 Å². The number of carbonyl (C=O) groups excluding carboxylic acids is 1. The Morgan fingerprint density at radius 2 is 1.92 bits per heavy atom. The summed E-state index contributed by atoms with van der Waals surface area (Å²) >= 11 is 6.10. The fourth-order valence-electron chi connectivity index (χ4n) is 2.52. The molecule has 0 unspecified atom stereocenters. The highest BCUT2D eigenvalue weighted by atomic mass is 35.5. The molecule has 1 heterocycles. The molecule has 25 heavy (non-hydrogen) atoms. The number of fused-ring (bicyclic) bond motifs is 1. The third-order valence-corrected chi connectivity index (χ3v) is 5.77. The third kappa shape index (κ3) is 3.50. The number of nitrogens with one attached hydrogen (secondary N) is 1. The molecule has 128 valence electrons. The van der Waals surface area contributed by atoms with E-state index < -0.39 is 15.7 Å². The Morgan fingerprint density at radius 1 is 1.16 bits per heavy atom. The highest BCUT2D eigenvalue weighted by Gasteiger charge is 2.21. The first-order chi connectivity index (χ1) is 11.9. The second kappa shape index (κ2) is 6.82. The van der Waals surface area contributed by atoms with Crippen LogP contribution in [0.25, 0.3) is 10.9 Å². The van der Waals surface area contributed by atoms with Crippen molar-refractivity contribution in [1.29, 1.82) is 0 Å². The third-order valence-electron chi connectivity index (χ3n) is 3.76. The summed E-state index contributed by atoms with van der Waals surface area (Å²) in [4.78, 5) is 17.0.